The third-order valence-corrected chi connectivity index (χ3v) is 4.43. The van der Waals surface area contributed by atoms with Crippen molar-refractivity contribution in [2.24, 2.45) is 0 Å². The highest BCUT2D eigenvalue weighted by molar-refractivity contribution is 7.99. The largest absolute Gasteiger partial charge is 0.308 e. The first kappa shape index (κ1) is 16.0. The van der Waals surface area contributed by atoms with Crippen LogP contribution < -0.4 is 5.32 Å². The average Bonchev–Trinajstić information content (AvgIpc) is 2.94. The molecule has 0 spiro atoms. The lowest BCUT2D eigenvalue weighted by Crippen LogP contribution is -2.25. The molecule has 0 saturated heterocycles. The van der Waals surface area contributed by atoms with Gasteiger partial charge >= 0.3 is 0 Å². The number of nitrogens with one attached hydrogen (secondary N) is 1. The molecule has 0 radical (unpaired) electrons. The summed E-state index contributed by atoms with van der Waals surface area (Å²) in [5.41, 5.74) is 2.48. The first-order valence-corrected chi connectivity index (χ1v) is 8.54. The molecule has 2 rings (SSSR count). The first-order chi connectivity index (χ1) is 10.2. The number of benzene rings is 1. The molecular weight excluding hydrogens is 280 g/mol. The van der Waals surface area contributed by atoms with Crippen LogP contribution in [0.25, 0.3) is 0 Å². The lowest BCUT2D eigenvalue weighted by Gasteiger charge is -2.18. The summed E-state index contributed by atoms with van der Waals surface area (Å²) >= 11 is 1.87. The van der Waals surface area contributed by atoms with Gasteiger partial charge in [-0.1, -0.05) is 36.8 Å². The number of hydrogen-bond donors (Lipinski definition) is 1. The zero-order chi connectivity index (χ0) is 15.1. The van der Waals surface area contributed by atoms with E-state index in [9.17, 15) is 0 Å². The standard InChI is InChI=1S/C16H24N4S/c1-4-10-20-16(11-18-19-20)15(17-5-2)12-21-14-8-6-13(3)7-9-14/h6-9,11,15,17H,4-5,10,12H2,1-3H3. The van der Waals surface area contributed by atoms with Gasteiger partial charge in [-0.2, -0.15) is 0 Å². The van der Waals surface area contributed by atoms with Crippen molar-refractivity contribution in [2.75, 3.05) is 12.3 Å². The molecular formula is C16H24N4S. The van der Waals surface area contributed by atoms with Crippen molar-refractivity contribution in [2.45, 2.75) is 44.7 Å². The van der Waals surface area contributed by atoms with Crippen molar-refractivity contribution in [1.82, 2.24) is 20.3 Å². The summed E-state index contributed by atoms with van der Waals surface area (Å²) in [7, 11) is 0. The van der Waals surface area contributed by atoms with Crippen LogP contribution in [0.1, 0.15) is 37.6 Å². The van der Waals surface area contributed by atoms with Gasteiger partial charge in [0.05, 0.1) is 17.9 Å². The van der Waals surface area contributed by atoms with Gasteiger partial charge in [0.15, 0.2) is 0 Å². The maximum atomic E-state index is 4.19. The van der Waals surface area contributed by atoms with Crippen molar-refractivity contribution < 1.29 is 0 Å². The third kappa shape index (κ3) is 4.58. The summed E-state index contributed by atoms with van der Waals surface area (Å²) in [5, 5.41) is 11.8. The lowest BCUT2D eigenvalue weighted by molar-refractivity contribution is 0.501. The molecule has 1 unspecified atom stereocenters. The Bertz CT molecular complexity index is 535. The van der Waals surface area contributed by atoms with Gasteiger partial charge in [0.25, 0.3) is 0 Å². The molecule has 2 aromatic rings. The van der Waals surface area contributed by atoms with Crippen molar-refractivity contribution in [3.63, 3.8) is 0 Å². The fourth-order valence-electron chi connectivity index (χ4n) is 2.23. The number of nitrogens with zero attached hydrogens (tertiary/aromatic N) is 3. The van der Waals surface area contributed by atoms with Crippen LogP contribution in [0.5, 0.6) is 0 Å². The smallest absolute Gasteiger partial charge is 0.0765 e. The summed E-state index contributed by atoms with van der Waals surface area (Å²) in [4.78, 5) is 1.30. The van der Waals surface area contributed by atoms with E-state index in [2.05, 4.69) is 60.7 Å². The molecule has 1 heterocycles. The normalized spacial score (nSPS) is 12.5. The molecule has 0 aliphatic carbocycles. The highest BCUT2D eigenvalue weighted by Crippen LogP contribution is 2.24. The molecule has 1 atom stereocenters. The lowest BCUT2D eigenvalue weighted by atomic mass is 10.2. The maximum absolute atomic E-state index is 4.19. The van der Waals surface area contributed by atoms with Crippen molar-refractivity contribution in [3.8, 4) is 0 Å². The molecule has 1 aromatic carbocycles. The Hall–Kier alpha value is -1.33. The number of aromatic nitrogens is 3. The van der Waals surface area contributed by atoms with Gasteiger partial charge in [-0.15, -0.1) is 16.9 Å². The van der Waals surface area contributed by atoms with E-state index in [1.54, 1.807) is 0 Å². The predicted molar refractivity (Wildman–Crippen MR) is 88.6 cm³/mol. The van der Waals surface area contributed by atoms with E-state index in [0.29, 0.717) is 0 Å². The molecule has 1 N–H and O–H groups in total. The van der Waals surface area contributed by atoms with Gasteiger partial charge < -0.3 is 5.32 Å². The summed E-state index contributed by atoms with van der Waals surface area (Å²) in [6.45, 7) is 8.28. The second kappa shape index (κ2) is 8.20. The number of aryl methyl sites for hydroxylation is 2. The zero-order valence-corrected chi connectivity index (χ0v) is 13.9. The molecule has 21 heavy (non-hydrogen) atoms. The van der Waals surface area contributed by atoms with Crippen LogP contribution in [-0.2, 0) is 6.54 Å². The minimum Gasteiger partial charge on any atom is -0.308 e. The van der Waals surface area contributed by atoms with Crippen molar-refractivity contribution >= 4 is 11.8 Å². The minimum atomic E-state index is 0.280. The minimum absolute atomic E-state index is 0.280. The van der Waals surface area contributed by atoms with Gasteiger partial charge in [-0.05, 0) is 32.0 Å². The van der Waals surface area contributed by atoms with Crippen molar-refractivity contribution in [1.29, 1.82) is 0 Å². The highest BCUT2D eigenvalue weighted by Gasteiger charge is 2.16. The van der Waals surface area contributed by atoms with Gasteiger partial charge in [0.1, 0.15) is 0 Å². The van der Waals surface area contributed by atoms with Crippen LogP contribution in [0.2, 0.25) is 0 Å². The highest BCUT2D eigenvalue weighted by atomic mass is 32.2. The molecule has 4 nitrogen and oxygen atoms in total. The van der Waals surface area contributed by atoms with Crippen LogP contribution in [0.3, 0.4) is 0 Å². The van der Waals surface area contributed by atoms with Crippen LogP contribution in [0, 0.1) is 6.92 Å². The SMILES string of the molecule is CCCn1nncc1C(CSc1ccc(C)cc1)NCC. The van der Waals surface area contributed by atoms with Crippen LogP contribution in [-0.4, -0.2) is 27.3 Å². The second-order valence-corrected chi connectivity index (χ2v) is 6.21. The van der Waals surface area contributed by atoms with Gasteiger partial charge in [0, 0.05) is 17.2 Å². The van der Waals surface area contributed by atoms with E-state index in [-0.39, 0.29) is 6.04 Å². The molecule has 0 aliphatic rings. The molecule has 0 aliphatic heterocycles. The fraction of sp³-hybridized carbons (Fsp3) is 0.500. The van der Waals surface area contributed by atoms with E-state index in [0.717, 1.165) is 25.3 Å². The maximum Gasteiger partial charge on any atom is 0.0765 e. The summed E-state index contributed by atoms with van der Waals surface area (Å²) in [6.07, 6.45) is 2.96. The molecule has 0 bridgehead atoms. The molecule has 0 amide bonds. The van der Waals surface area contributed by atoms with E-state index in [1.807, 2.05) is 22.6 Å². The molecule has 0 fully saturated rings. The third-order valence-electron chi connectivity index (χ3n) is 3.33. The summed E-state index contributed by atoms with van der Waals surface area (Å²) < 4.78 is 2.02. The molecule has 0 saturated carbocycles. The number of hydrogen-bond acceptors (Lipinski definition) is 4. The Kier molecular flexibility index (Phi) is 6.26. The number of thioether (sulfide) groups is 1. The average molecular weight is 304 g/mol. The predicted octanol–water partition coefficient (Wildman–Crippen LogP) is 3.44. The van der Waals surface area contributed by atoms with Gasteiger partial charge in [-0.3, -0.25) is 0 Å². The van der Waals surface area contributed by atoms with Gasteiger partial charge in [-0.25, -0.2) is 4.68 Å². The zero-order valence-electron chi connectivity index (χ0n) is 13.0. The summed E-state index contributed by atoms with van der Waals surface area (Å²) in [5.74, 6) is 0.980. The Labute approximate surface area is 131 Å². The van der Waals surface area contributed by atoms with Crippen LogP contribution in [0.4, 0.5) is 0 Å². The first-order valence-electron chi connectivity index (χ1n) is 7.55. The van der Waals surface area contributed by atoms with Gasteiger partial charge in [0.2, 0.25) is 0 Å². The Morgan fingerprint density at radius 3 is 2.67 bits per heavy atom. The quantitative estimate of drug-likeness (QED) is 0.759. The van der Waals surface area contributed by atoms with E-state index < -0.39 is 0 Å². The molecule has 114 valence electrons. The molecule has 5 heteroatoms. The van der Waals surface area contributed by atoms with E-state index in [1.165, 1.54) is 16.2 Å². The second-order valence-electron chi connectivity index (χ2n) is 5.12. The van der Waals surface area contributed by atoms with Crippen molar-refractivity contribution in [3.05, 3.63) is 41.7 Å². The van der Waals surface area contributed by atoms with Crippen LogP contribution in [0.15, 0.2) is 35.4 Å². The van der Waals surface area contributed by atoms with E-state index >= 15 is 0 Å². The Morgan fingerprint density at radius 2 is 2.00 bits per heavy atom. The van der Waals surface area contributed by atoms with Crippen LogP contribution >= 0.6 is 11.8 Å². The fourth-order valence-corrected chi connectivity index (χ4v) is 3.21. The summed E-state index contributed by atoms with van der Waals surface area (Å²) in [6, 6.07) is 8.97. The van der Waals surface area contributed by atoms with E-state index in [4.69, 9.17) is 0 Å². The number of rotatable bonds is 8. The Morgan fingerprint density at radius 1 is 1.24 bits per heavy atom. The molecule has 1 aromatic heterocycles. The topological polar surface area (TPSA) is 42.7 Å². The monoisotopic (exact) mass is 304 g/mol. The Balaban J connectivity index is 2.04.